The van der Waals surface area contributed by atoms with Crippen LogP contribution in [0.4, 0.5) is 11.8 Å². The molecule has 8 nitrogen and oxygen atoms in total. The van der Waals surface area contributed by atoms with Gasteiger partial charge in [-0.05, 0) is 12.0 Å². The zero-order chi connectivity index (χ0) is 13.9. The van der Waals surface area contributed by atoms with Crippen LogP contribution in [0.1, 0.15) is 5.56 Å². The molecule has 0 radical (unpaired) electrons. The van der Waals surface area contributed by atoms with E-state index in [2.05, 4.69) is 35.9 Å². The van der Waals surface area contributed by atoms with E-state index in [0.717, 1.165) is 24.2 Å². The van der Waals surface area contributed by atoms with Crippen molar-refractivity contribution in [3.63, 3.8) is 0 Å². The minimum Gasteiger partial charge on any atom is -0.369 e. The first-order valence-corrected chi connectivity index (χ1v) is 6.36. The Morgan fingerprint density at radius 2 is 2.20 bits per heavy atom. The summed E-state index contributed by atoms with van der Waals surface area (Å²) in [6, 6.07) is 0. The number of anilines is 2. The van der Waals surface area contributed by atoms with Crippen molar-refractivity contribution in [2.45, 2.75) is 6.42 Å². The first-order chi connectivity index (χ1) is 9.76. The average Bonchev–Trinajstić information content (AvgIpc) is 3.07. The number of aryl methyl sites for hydroxylation is 1. The number of aromatic amines is 1. The highest BCUT2D eigenvalue weighted by atomic mass is 15.2. The monoisotopic (exact) mass is 272 g/mol. The molecule has 0 aliphatic carbocycles. The van der Waals surface area contributed by atoms with E-state index in [1.165, 1.54) is 5.56 Å². The number of aromatic nitrogens is 6. The Bertz CT molecular complexity index is 713. The average molecular weight is 272 g/mol. The van der Waals surface area contributed by atoms with Gasteiger partial charge in [0.25, 0.3) is 0 Å². The smallest absolute Gasteiger partial charge is 0.226 e. The van der Waals surface area contributed by atoms with E-state index in [-0.39, 0.29) is 0 Å². The Morgan fingerprint density at radius 3 is 2.95 bits per heavy atom. The van der Waals surface area contributed by atoms with Crippen molar-refractivity contribution in [3.05, 3.63) is 24.2 Å². The molecule has 0 amide bonds. The molecule has 104 valence electrons. The summed E-state index contributed by atoms with van der Waals surface area (Å²) < 4.78 is 1.80. The highest BCUT2D eigenvalue weighted by Crippen LogP contribution is 2.19. The van der Waals surface area contributed by atoms with Gasteiger partial charge in [0, 0.05) is 26.8 Å². The van der Waals surface area contributed by atoms with Gasteiger partial charge in [0.15, 0.2) is 5.65 Å². The normalized spacial score (nSPS) is 10.9. The summed E-state index contributed by atoms with van der Waals surface area (Å²) in [5.74, 6) is 1.34. The molecule has 0 aliphatic heterocycles. The Labute approximate surface area is 115 Å². The first kappa shape index (κ1) is 12.4. The second kappa shape index (κ2) is 5.16. The maximum absolute atomic E-state index is 4.41. The van der Waals surface area contributed by atoms with Crippen molar-refractivity contribution < 1.29 is 0 Å². The number of H-pyrrole nitrogens is 1. The third kappa shape index (κ3) is 2.40. The Morgan fingerprint density at radius 1 is 1.30 bits per heavy atom. The van der Waals surface area contributed by atoms with Gasteiger partial charge in [0.05, 0.1) is 17.8 Å². The van der Waals surface area contributed by atoms with Gasteiger partial charge in [0.2, 0.25) is 5.95 Å². The summed E-state index contributed by atoms with van der Waals surface area (Å²) in [6.07, 6.45) is 6.48. The van der Waals surface area contributed by atoms with Crippen LogP contribution in [0.15, 0.2) is 18.6 Å². The zero-order valence-electron chi connectivity index (χ0n) is 11.4. The van der Waals surface area contributed by atoms with E-state index in [1.807, 2.05) is 19.4 Å². The fraction of sp³-hybridized carbons (Fsp3) is 0.333. The summed E-state index contributed by atoms with van der Waals surface area (Å²) in [6.45, 7) is 0.770. The lowest BCUT2D eigenvalue weighted by molar-refractivity contribution is 0.767. The molecular weight excluding hydrogens is 256 g/mol. The van der Waals surface area contributed by atoms with E-state index < -0.39 is 0 Å². The van der Waals surface area contributed by atoms with Gasteiger partial charge in [0.1, 0.15) is 5.82 Å². The number of nitrogens with zero attached hydrogens (tertiary/aromatic N) is 5. The molecule has 0 aromatic carbocycles. The van der Waals surface area contributed by atoms with Gasteiger partial charge in [-0.3, -0.25) is 9.78 Å². The highest BCUT2D eigenvalue weighted by molar-refractivity contribution is 5.86. The predicted octanol–water partition coefficient (Wildman–Crippen LogP) is 0.783. The van der Waals surface area contributed by atoms with Gasteiger partial charge in [-0.2, -0.15) is 20.2 Å². The molecule has 3 aromatic heterocycles. The van der Waals surface area contributed by atoms with Gasteiger partial charge >= 0.3 is 0 Å². The van der Waals surface area contributed by atoms with Crippen molar-refractivity contribution in [2.24, 2.45) is 7.05 Å². The van der Waals surface area contributed by atoms with Crippen LogP contribution >= 0.6 is 0 Å². The topological polar surface area (TPSA) is 96.3 Å². The largest absolute Gasteiger partial charge is 0.369 e. The van der Waals surface area contributed by atoms with Crippen molar-refractivity contribution in [3.8, 4) is 0 Å². The van der Waals surface area contributed by atoms with E-state index in [0.29, 0.717) is 11.6 Å². The minimum absolute atomic E-state index is 0.561. The quantitative estimate of drug-likeness (QED) is 0.635. The van der Waals surface area contributed by atoms with Crippen LogP contribution in [-0.4, -0.2) is 43.5 Å². The van der Waals surface area contributed by atoms with Crippen LogP contribution in [0, 0.1) is 0 Å². The van der Waals surface area contributed by atoms with E-state index in [4.69, 9.17) is 0 Å². The molecule has 3 N–H and O–H groups in total. The molecular formula is C12H16N8. The summed E-state index contributed by atoms with van der Waals surface area (Å²) in [5, 5.41) is 18.1. The summed E-state index contributed by atoms with van der Waals surface area (Å²) in [5.41, 5.74) is 1.90. The number of hydrogen-bond acceptors (Lipinski definition) is 6. The van der Waals surface area contributed by atoms with Crippen molar-refractivity contribution in [1.29, 1.82) is 0 Å². The molecule has 0 spiro atoms. The van der Waals surface area contributed by atoms with Crippen LogP contribution in [0.5, 0.6) is 0 Å². The summed E-state index contributed by atoms with van der Waals surface area (Å²) in [4.78, 5) is 8.70. The number of fused-ring (bicyclic) bond motifs is 1. The number of nitrogens with one attached hydrogen (secondary N) is 3. The Balaban J connectivity index is 1.74. The molecule has 3 aromatic rings. The lowest BCUT2D eigenvalue weighted by atomic mass is 10.2. The summed E-state index contributed by atoms with van der Waals surface area (Å²) in [7, 11) is 3.70. The maximum atomic E-state index is 4.41. The molecule has 3 rings (SSSR count). The molecule has 0 fully saturated rings. The predicted molar refractivity (Wildman–Crippen MR) is 76.6 cm³/mol. The SMILES string of the molecule is CNc1nc(NCCc2cnn(C)c2)c2cn[nH]c2n1. The third-order valence-electron chi connectivity index (χ3n) is 3.00. The van der Waals surface area contributed by atoms with Gasteiger partial charge in [-0.15, -0.1) is 0 Å². The zero-order valence-corrected chi connectivity index (χ0v) is 11.4. The van der Waals surface area contributed by atoms with Gasteiger partial charge < -0.3 is 10.6 Å². The Hall–Kier alpha value is -2.64. The number of hydrogen-bond donors (Lipinski definition) is 3. The molecule has 0 atom stereocenters. The fourth-order valence-corrected chi connectivity index (χ4v) is 2.01. The second-order valence-electron chi connectivity index (χ2n) is 4.48. The van der Waals surface area contributed by atoms with Crippen molar-refractivity contribution >= 4 is 22.8 Å². The van der Waals surface area contributed by atoms with Crippen molar-refractivity contribution in [2.75, 3.05) is 24.2 Å². The lowest BCUT2D eigenvalue weighted by Crippen LogP contribution is -2.08. The molecule has 0 bridgehead atoms. The van der Waals surface area contributed by atoms with Crippen LogP contribution in [0.25, 0.3) is 11.0 Å². The van der Waals surface area contributed by atoms with E-state index in [9.17, 15) is 0 Å². The van der Waals surface area contributed by atoms with Crippen molar-refractivity contribution in [1.82, 2.24) is 29.9 Å². The van der Waals surface area contributed by atoms with E-state index >= 15 is 0 Å². The van der Waals surface area contributed by atoms with Crippen LogP contribution in [0.2, 0.25) is 0 Å². The summed E-state index contributed by atoms with van der Waals surface area (Å²) >= 11 is 0. The fourth-order valence-electron chi connectivity index (χ4n) is 2.01. The Kier molecular flexibility index (Phi) is 3.20. The maximum Gasteiger partial charge on any atom is 0.226 e. The second-order valence-corrected chi connectivity index (χ2v) is 4.48. The lowest BCUT2D eigenvalue weighted by Gasteiger charge is -2.07. The molecule has 8 heteroatoms. The standard InChI is InChI=1S/C12H16N8/c1-13-12-17-10(9-6-15-19-11(9)18-12)14-4-3-8-5-16-20(2)7-8/h5-7H,3-4H2,1-2H3,(H3,13,14,15,17,18,19). The van der Waals surface area contributed by atoms with Crippen LogP contribution in [0.3, 0.4) is 0 Å². The molecule has 3 heterocycles. The molecule has 0 unspecified atom stereocenters. The third-order valence-corrected chi connectivity index (χ3v) is 3.00. The van der Waals surface area contributed by atoms with Gasteiger partial charge in [-0.1, -0.05) is 0 Å². The number of rotatable bonds is 5. The van der Waals surface area contributed by atoms with E-state index in [1.54, 1.807) is 17.9 Å². The highest BCUT2D eigenvalue weighted by Gasteiger charge is 2.08. The molecule has 0 aliphatic rings. The van der Waals surface area contributed by atoms with Crippen LogP contribution in [-0.2, 0) is 13.5 Å². The molecule has 0 saturated heterocycles. The molecule has 20 heavy (non-hydrogen) atoms. The van der Waals surface area contributed by atoms with Crippen LogP contribution < -0.4 is 10.6 Å². The van der Waals surface area contributed by atoms with Gasteiger partial charge in [-0.25, -0.2) is 0 Å². The first-order valence-electron chi connectivity index (χ1n) is 6.36. The molecule has 0 saturated carbocycles. The minimum atomic E-state index is 0.561.